The largest absolute Gasteiger partial charge is 0.244 e. The van der Waals surface area contributed by atoms with Gasteiger partial charge < -0.3 is 0 Å². The molecular formula is C25H19N2+. The Balaban J connectivity index is 1.72. The third-order valence-electron chi connectivity index (χ3n) is 5.00. The van der Waals surface area contributed by atoms with Crippen molar-refractivity contribution in [1.29, 1.82) is 0 Å². The van der Waals surface area contributed by atoms with E-state index in [1.54, 1.807) is 0 Å². The van der Waals surface area contributed by atoms with Crippen molar-refractivity contribution >= 4 is 21.5 Å². The Hall–Kier alpha value is -3.52. The topological polar surface area (TPSA) is 16.8 Å². The Morgan fingerprint density at radius 1 is 0.704 bits per heavy atom. The van der Waals surface area contributed by atoms with Gasteiger partial charge in [-0.3, -0.25) is 0 Å². The molecule has 5 aromatic rings. The Bertz CT molecular complexity index is 1190. The van der Waals surface area contributed by atoms with Crippen LogP contribution in [0, 0.1) is 0 Å². The van der Waals surface area contributed by atoms with Gasteiger partial charge in [-0.1, -0.05) is 78.9 Å². The Kier molecular flexibility index (Phi) is 3.87. The zero-order valence-electron chi connectivity index (χ0n) is 14.9. The maximum atomic E-state index is 4.73. The van der Waals surface area contributed by atoms with E-state index in [4.69, 9.17) is 4.98 Å². The molecule has 0 atom stereocenters. The van der Waals surface area contributed by atoms with E-state index >= 15 is 0 Å². The molecule has 0 unspecified atom stereocenters. The fraction of sp³-hybridized carbons (Fsp3) is 0.0400. The number of hydrogen-bond acceptors (Lipinski definition) is 1. The quantitative estimate of drug-likeness (QED) is 0.316. The van der Waals surface area contributed by atoms with Gasteiger partial charge in [0.25, 0.3) is 0 Å². The highest BCUT2D eigenvalue weighted by molar-refractivity contribution is 6.11. The van der Waals surface area contributed by atoms with E-state index in [0.717, 1.165) is 12.2 Å². The van der Waals surface area contributed by atoms with Crippen LogP contribution >= 0.6 is 0 Å². The molecule has 0 saturated heterocycles. The molecule has 0 N–H and O–H groups in total. The van der Waals surface area contributed by atoms with Gasteiger partial charge in [0.15, 0.2) is 18.9 Å². The summed E-state index contributed by atoms with van der Waals surface area (Å²) in [5, 5.41) is 4.96. The van der Waals surface area contributed by atoms with Gasteiger partial charge in [0.2, 0.25) is 0 Å². The highest BCUT2D eigenvalue weighted by atomic mass is 15.0. The number of rotatable bonds is 3. The Labute approximate surface area is 158 Å². The monoisotopic (exact) mass is 347 g/mol. The molecule has 0 bridgehead atoms. The lowest BCUT2D eigenvalue weighted by Gasteiger charge is -2.10. The van der Waals surface area contributed by atoms with Crippen LogP contribution in [0.4, 0.5) is 0 Å². The highest BCUT2D eigenvalue weighted by Crippen LogP contribution is 2.34. The first-order chi connectivity index (χ1) is 13.4. The standard InChI is InChI=1S/C25H19N2/c1-2-8-19(9-3-1)17-27-15-14-26-24(18-27)25-22-12-6-4-10-20(22)16-21-11-5-7-13-23(21)25/h1-16,18H,17H2/q+1. The van der Waals surface area contributed by atoms with Crippen molar-refractivity contribution < 1.29 is 4.57 Å². The van der Waals surface area contributed by atoms with E-state index in [9.17, 15) is 0 Å². The second kappa shape index (κ2) is 6.65. The van der Waals surface area contributed by atoms with E-state index in [0.29, 0.717) is 0 Å². The van der Waals surface area contributed by atoms with Crippen molar-refractivity contribution in [2.45, 2.75) is 6.54 Å². The average molecular weight is 347 g/mol. The SMILES string of the molecule is c1ccc(C[n+]2ccnc(-c3c4ccccc4cc4ccccc34)c2)cc1. The summed E-state index contributed by atoms with van der Waals surface area (Å²) in [6, 6.07) is 29.9. The summed E-state index contributed by atoms with van der Waals surface area (Å²) >= 11 is 0. The van der Waals surface area contributed by atoms with E-state index in [1.165, 1.54) is 32.7 Å². The normalized spacial score (nSPS) is 11.1. The first-order valence-electron chi connectivity index (χ1n) is 9.18. The van der Waals surface area contributed by atoms with Crippen LogP contribution in [0.3, 0.4) is 0 Å². The molecule has 0 radical (unpaired) electrons. The lowest BCUT2D eigenvalue weighted by Crippen LogP contribution is -2.33. The molecule has 0 aliphatic heterocycles. The number of hydrogen-bond donors (Lipinski definition) is 0. The van der Waals surface area contributed by atoms with Crippen molar-refractivity contribution in [2.75, 3.05) is 0 Å². The Morgan fingerprint density at radius 2 is 1.33 bits per heavy atom. The first kappa shape index (κ1) is 15.7. The predicted octanol–water partition coefficient (Wildman–Crippen LogP) is 5.39. The van der Waals surface area contributed by atoms with Crippen molar-refractivity contribution in [3.63, 3.8) is 0 Å². The minimum absolute atomic E-state index is 0.832. The molecule has 0 saturated carbocycles. The van der Waals surface area contributed by atoms with Crippen molar-refractivity contribution in [1.82, 2.24) is 4.98 Å². The summed E-state index contributed by atoms with van der Waals surface area (Å²) in [6.07, 6.45) is 6.08. The fourth-order valence-corrected chi connectivity index (χ4v) is 3.74. The summed E-state index contributed by atoms with van der Waals surface area (Å²) in [5.41, 5.74) is 3.48. The Morgan fingerprint density at radius 3 is 2.04 bits per heavy atom. The van der Waals surface area contributed by atoms with E-state index < -0.39 is 0 Å². The molecular weight excluding hydrogens is 328 g/mol. The van der Waals surface area contributed by atoms with Crippen LogP contribution in [0.15, 0.2) is 104 Å². The van der Waals surface area contributed by atoms with Gasteiger partial charge in [-0.25, -0.2) is 4.98 Å². The molecule has 0 fully saturated rings. The fourth-order valence-electron chi connectivity index (χ4n) is 3.74. The molecule has 0 aliphatic rings. The highest BCUT2D eigenvalue weighted by Gasteiger charge is 2.14. The van der Waals surface area contributed by atoms with Gasteiger partial charge in [0.1, 0.15) is 5.69 Å². The summed E-state index contributed by atoms with van der Waals surface area (Å²) in [5.74, 6) is 0. The zero-order valence-corrected chi connectivity index (χ0v) is 14.9. The average Bonchev–Trinajstić information content (AvgIpc) is 2.73. The van der Waals surface area contributed by atoms with Gasteiger partial charge in [-0.15, -0.1) is 0 Å². The van der Waals surface area contributed by atoms with Crippen LogP contribution in [0.2, 0.25) is 0 Å². The first-order valence-corrected chi connectivity index (χ1v) is 9.18. The molecule has 1 heterocycles. The molecule has 128 valence electrons. The van der Waals surface area contributed by atoms with Crippen LogP contribution in [-0.4, -0.2) is 4.98 Å². The molecule has 2 heteroatoms. The minimum atomic E-state index is 0.832. The maximum absolute atomic E-state index is 4.73. The molecule has 2 nitrogen and oxygen atoms in total. The summed E-state index contributed by atoms with van der Waals surface area (Å²) in [6.45, 7) is 0.832. The van der Waals surface area contributed by atoms with E-state index in [2.05, 4.69) is 89.6 Å². The van der Waals surface area contributed by atoms with Gasteiger partial charge in [-0.05, 0) is 27.6 Å². The molecule has 0 aliphatic carbocycles. The second-order valence-electron chi connectivity index (χ2n) is 6.79. The lowest BCUT2D eigenvalue weighted by molar-refractivity contribution is -0.688. The smallest absolute Gasteiger partial charge is 0.195 e. The molecule has 0 spiro atoms. The molecule has 5 rings (SSSR count). The number of aromatic nitrogens is 2. The third kappa shape index (κ3) is 2.96. The van der Waals surface area contributed by atoms with Crippen LogP contribution in [0.5, 0.6) is 0 Å². The van der Waals surface area contributed by atoms with E-state index in [1.807, 2.05) is 18.5 Å². The van der Waals surface area contributed by atoms with Gasteiger partial charge >= 0.3 is 0 Å². The molecule has 4 aromatic carbocycles. The summed E-state index contributed by atoms with van der Waals surface area (Å²) in [4.78, 5) is 4.73. The van der Waals surface area contributed by atoms with Gasteiger partial charge in [-0.2, -0.15) is 4.57 Å². The van der Waals surface area contributed by atoms with Crippen molar-refractivity contribution in [3.05, 3.63) is 109 Å². The van der Waals surface area contributed by atoms with Gasteiger partial charge in [0.05, 0.1) is 6.20 Å². The van der Waals surface area contributed by atoms with E-state index in [-0.39, 0.29) is 0 Å². The van der Waals surface area contributed by atoms with Crippen LogP contribution < -0.4 is 4.57 Å². The molecule has 27 heavy (non-hydrogen) atoms. The zero-order chi connectivity index (χ0) is 18.1. The third-order valence-corrected chi connectivity index (χ3v) is 5.00. The van der Waals surface area contributed by atoms with Gasteiger partial charge in [0, 0.05) is 11.1 Å². The summed E-state index contributed by atoms with van der Waals surface area (Å²) in [7, 11) is 0. The number of benzene rings is 4. The maximum Gasteiger partial charge on any atom is 0.195 e. The van der Waals surface area contributed by atoms with Crippen molar-refractivity contribution in [3.8, 4) is 11.3 Å². The second-order valence-corrected chi connectivity index (χ2v) is 6.79. The van der Waals surface area contributed by atoms with Crippen LogP contribution in [0.25, 0.3) is 32.8 Å². The summed E-state index contributed by atoms with van der Waals surface area (Å²) < 4.78 is 2.20. The molecule has 1 aromatic heterocycles. The van der Waals surface area contributed by atoms with Crippen LogP contribution in [-0.2, 0) is 6.54 Å². The minimum Gasteiger partial charge on any atom is -0.244 e. The van der Waals surface area contributed by atoms with Crippen molar-refractivity contribution in [2.24, 2.45) is 0 Å². The number of fused-ring (bicyclic) bond motifs is 2. The van der Waals surface area contributed by atoms with Crippen LogP contribution in [0.1, 0.15) is 5.56 Å². The molecule has 0 amide bonds. The lowest BCUT2D eigenvalue weighted by atomic mass is 9.95. The number of nitrogens with zero attached hydrogens (tertiary/aromatic N) is 2. The predicted molar refractivity (Wildman–Crippen MR) is 110 cm³/mol.